The summed E-state index contributed by atoms with van der Waals surface area (Å²) in [5.41, 5.74) is 2.09. The molecule has 1 aromatic heterocycles. The molecule has 1 aliphatic rings. The van der Waals surface area contributed by atoms with Crippen molar-refractivity contribution in [3.8, 4) is 16.9 Å². The molecule has 0 bridgehead atoms. The predicted molar refractivity (Wildman–Crippen MR) is 115 cm³/mol. The number of benzene rings is 2. The van der Waals surface area contributed by atoms with E-state index < -0.39 is 5.41 Å². The van der Waals surface area contributed by atoms with Gasteiger partial charge in [-0.1, -0.05) is 24.3 Å². The Kier molecular flexibility index (Phi) is 6.32. The van der Waals surface area contributed by atoms with Crippen LogP contribution in [0.4, 0.5) is 4.39 Å². The van der Waals surface area contributed by atoms with Gasteiger partial charge in [-0.25, -0.2) is 9.37 Å². The Bertz CT molecular complexity index is 1010. The summed E-state index contributed by atoms with van der Waals surface area (Å²) in [7, 11) is 1.57. The Morgan fingerprint density at radius 1 is 1.23 bits per heavy atom. The first-order valence-corrected chi connectivity index (χ1v) is 10.4. The van der Waals surface area contributed by atoms with Crippen LogP contribution in [0, 0.1) is 11.2 Å². The topological polar surface area (TPSA) is 76.2 Å². The first-order chi connectivity index (χ1) is 15.1. The van der Waals surface area contributed by atoms with E-state index in [1.165, 1.54) is 12.1 Å². The van der Waals surface area contributed by atoms with Gasteiger partial charge in [0.25, 0.3) is 0 Å². The maximum absolute atomic E-state index is 13.8. The van der Waals surface area contributed by atoms with Gasteiger partial charge in [0.05, 0.1) is 19.1 Å². The number of ether oxygens (including phenoxy) is 2. The van der Waals surface area contributed by atoms with Gasteiger partial charge in [0.15, 0.2) is 0 Å². The van der Waals surface area contributed by atoms with Crippen LogP contribution >= 0.6 is 0 Å². The highest BCUT2D eigenvalue weighted by atomic mass is 19.1. The molecular formula is C24H26FN3O3. The number of aromatic nitrogens is 2. The van der Waals surface area contributed by atoms with Crippen LogP contribution in [0.2, 0.25) is 0 Å². The highest BCUT2D eigenvalue weighted by molar-refractivity contribution is 5.83. The minimum Gasteiger partial charge on any atom is -0.496 e. The molecule has 0 saturated carbocycles. The van der Waals surface area contributed by atoms with Crippen LogP contribution in [0.3, 0.4) is 0 Å². The molecule has 2 heterocycles. The quantitative estimate of drug-likeness (QED) is 0.605. The molecule has 3 aromatic rings. The van der Waals surface area contributed by atoms with E-state index in [0.29, 0.717) is 50.3 Å². The highest BCUT2D eigenvalue weighted by Crippen LogP contribution is 2.36. The lowest BCUT2D eigenvalue weighted by Crippen LogP contribution is -2.46. The number of H-pyrrole nitrogens is 1. The Balaban J connectivity index is 1.52. The maximum atomic E-state index is 13.8. The number of carbonyl (C=O) groups is 1. The molecule has 31 heavy (non-hydrogen) atoms. The van der Waals surface area contributed by atoms with Crippen LogP contribution < -0.4 is 10.1 Å². The van der Waals surface area contributed by atoms with E-state index in [2.05, 4.69) is 15.3 Å². The van der Waals surface area contributed by atoms with Crippen LogP contribution in [0.5, 0.6) is 5.75 Å². The highest BCUT2D eigenvalue weighted by Gasteiger charge is 2.40. The van der Waals surface area contributed by atoms with Crippen molar-refractivity contribution < 1.29 is 18.7 Å². The minimum atomic E-state index is -0.525. The van der Waals surface area contributed by atoms with E-state index in [0.717, 1.165) is 17.0 Å². The van der Waals surface area contributed by atoms with E-state index in [9.17, 15) is 9.18 Å². The molecule has 0 aliphatic carbocycles. The van der Waals surface area contributed by atoms with Gasteiger partial charge < -0.3 is 19.8 Å². The van der Waals surface area contributed by atoms with Crippen molar-refractivity contribution in [2.75, 3.05) is 20.3 Å². The number of aromatic amines is 1. The molecule has 2 aromatic carbocycles. The molecule has 4 rings (SSSR count). The number of amides is 1. The van der Waals surface area contributed by atoms with Crippen LogP contribution in [-0.4, -0.2) is 36.2 Å². The number of rotatable bonds is 7. The molecule has 162 valence electrons. The van der Waals surface area contributed by atoms with Gasteiger partial charge >= 0.3 is 0 Å². The summed E-state index contributed by atoms with van der Waals surface area (Å²) in [6.45, 7) is 1.49. The number of nitrogens with one attached hydrogen (secondary N) is 2. The Labute approximate surface area is 180 Å². The van der Waals surface area contributed by atoms with E-state index in [-0.39, 0.29) is 11.7 Å². The van der Waals surface area contributed by atoms with Crippen molar-refractivity contribution in [2.45, 2.75) is 25.8 Å². The van der Waals surface area contributed by atoms with Crippen LogP contribution in [0.25, 0.3) is 11.1 Å². The molecule has 6 nitrogen and oxygen atoms in total. The van der Waals surface area contributed by atoms with Gasteiger partial charge in [0.1, 0.15) is 17.4 Å². The van der Waals surface area contributed by atoms with Crippen molar-refractivity contribution in [1.29, 1.82) is 0 Å². The summed E-state index contributed by atoms with van der Waals surface area (Å²) in [6, 6.07) is 12.4. The van der Waals surface area contributed by atoms with Crippen molar-refractivity contribution in [3.63, 3.8) is 0 Å². The van der Waals surface area contributed by atoms with Gasteiger partial charge in [-0.2, -0.15) is 0 Å². The number of hydrogen-bond acceptors (Lipinski definition) is 4. The van der Waals surface area contributed by atoms with Crippen molar-refractivity contribution in [1.82, 2.24) is 15.3 Å². The number of imidazole rings is 1. The molecule has 0 unspecified atom stereocenters. The maximum Gasteiger partial charge on any atom is 0.227 e. The lowest BCUT2D eigenvalue weighted by molar-refractivity contribution is -0.136. The molecule has 1 aliphatic heterocycles. The van der Waals surface area contributed by atoms with E-state index in [1.54, 1.807) is 25.6 Å². The summed E-state index contributed by atoms with van der Waals surface area (Å²) in [5, 5.41) is 3.03. The summed E-state index contributed by atoms with van der Waals surface area (Å²) in [4.78, 5) is 20.3. The second-order valence-corrected chi connectivity index (χ2v) is 7.83. The molecule has 1 fully saturated rings. The van der Waals surface area contributed by atoms with E-state index in [1.807, 2.05) is 24.3 Å². The summed E-state index contributed by atoms with van der Waals surface area (Å²) in [6.07, 6.45) is 5.34. The molecule has 1 saturated heterocycles. The third-order valence-electron chi connectivity index (χ3n) is 5.87. The Hall–Kier alpha value is -3.19. The Morgan fingerprint density at radius 2 is 2.00 bits per heavy atom. The van der Waals surface area contributed by atoms with Gasteiger partial charge in [-0.15, -0.1) is 0 Å². The zero-order valence-electron chi connectivity index (χ0n) is 17.5. The number of methoxy groups -OCH3 is 1. The first-order valence-electron chi connectivity index (χ1n) is 10.4. The lowest BCUT2D eigenvalue weighted by atomic mass is 9.74. The first kappa shape index (κ1) is 21.1. The van der Waals surface area contributed by atoms with Crippen LogP contribution in [0.15, 0.2) is 54.9 Å². The summed E-state index contributed by atoms with van der Waals surface area (Å²) in [5.74, 6) is 1.05. The molecule has 0 radical (unpaired) electrons. The molecular weight excluding hydrogens is 397 g/mol. The second kappa shape index (κ2) is 9.31. The van der Waals surface area contributed by atoms with E-state index in [4.69, 9.17) is 9.47 Å². The van der Waals surface area contributed by atoms with Crippen LogP contribution in [-0.2, 0) is 22.5 Å². The SMILES string of the molecule is COc1ccc(F)cc1-c1ccc(CC2(C(=O)NCc3ncc[nH]3)CCOCC2)cc1. The predicted octanol–water partition coefficient (Wildman–Crippen LogP) is 3.88. The molecule has 7 heteroatoms. The fourth-order valence-electron chi connectivity index (χ4n) is 4.09. The number of hydrogen-bond donors (Lipinski definition) is 2. The summed E-state index contributed by atoms with van der Waals surface area (Å²) < 4.78 is 24.7. The standard InChI is InChI=1S/C24H26FN3O3/c1-30-21-7-6-19(25)14-20(21)18-4-2-17(3-5-18)15-24(8-12-31-13-9-24)23(29)28-16-22-26-10-11-27-22/h2-7,10-11,14H,8-9,12-13,15-16H2,1H3,(H,26,27)(H,28,29). The van der Waals surface area contributed by atoms with Gasteiger partial charge in [0.2, 0.25) is 5.91 Å². The van der Waals surface area contributed by atoms with E-state index >= 15 is 0 Å². The average molecular weight is 423 g/mol. The monoisotopic (exact) mass is 423 g/mol. The minimum absolute atomic E-state index is 0.0167. The molecule has 1 amide bonds. The van der Waals surface area contributed by atoms with Crippen molar-refractivity contribution in [3.05, 3.63) is 72.1 Å². The zero-order valence-corrected chi connectivity index (χ0v) is 17.5. The number of nitrogens with zero attached hydrogens (tertiary/aromatic N) is 1. The second-order valence-electron chi connectivity index (χ2n) is 7.83. The van der Waals surface area contributed by atoms with Crippen molar-refractivity contribution >= 4 is 5.91 Å². The zero-order chi connectivity index (χ0) is 21.7. The lowest BCUT2D eigenvalue weighted by Gasteiger charge is -2.36. The third-order valence-corrected chi connectivity index (χ3v) is 5.87. The van der Waals surface area contributed by atoms with Gasteiger partial charge in [-0.3, -0.25) is 4.79 Å². The molecule has 0 atom stereocenters. The van der Waals surface area contributed by atoms with Gasteiger partial charge in [0, 0.05) is 31.2 Å². The van der Waals surface area contributed by atoms with Gasteiger partial charge in [-0.05, 0) is 48.6 Å². The summed E-state index contributed by atoms with van der Waals surface area (Å²) >= 11 is 0. The fourth-order valence-corrected chi connectivity index (χ4v) is 4.09. The average Bonchev–Trinajstić information content (AvgIpc) is 3.32. The fraction of sp³-hybridized carbons (Fsp3) is 0.333. The smallest absolute Gasteiger partial charge is 0.227 e. The molecule has 0 spiro atoms. The molecule has 2 N–H and O–H groups in total. The number of carbonyl (C=O) groups excluding carboxylic acids is 1. The van der Waals surface area contributed by atoms with Crippen molar-refractivity contribution in [2.24, 2.45) is 5.41 Å². The normalized spacial score (nSPS) is 15.4. The number of halogens is 1. The largest absolute Gasteiger partial charge is 0.496 e. The Morgan fingerprint density at radius 3 is 2.68 bits per heavy atom. The third kappa shape index (κ3) is 4.77. The van der Waals surface area contributed by atoms with Crippen LogP contribution in [0.1, 0.15) is 24.2 Å².